The van der Waals surface area contributed by atoms with Crippen molar-refractivity contribution in [2.45, 2.75) is 37.2 Å². The van der Waals surface area contributed by atoms with Crippen molar-refractivity contribution in [2.75, 3.05) is 31.1 Å². The zero-order valence-electron chi connectivity index (χ0n) is 14.6. The average molecular weight is 479 g/mol. The number of benzene rings is 1. The number of thioether (sulfide) groups is 1. The predicted molar refractivity (Wildman–Crippen MR) is 114 cm³/mol. The minimum absolute atomic E-state index is 0. The molecule has 25 heavy (non-hydrogen) atoms. The zero-order valence-corrected chi connectivity index (χ0v) is 17.7. The smallest absolute Gasteiger partial charge is 0.191 e. The van der Waals surface area contributed by atoms with Gasteiger partial charge in [-0.1, -0.05) is 18.2 Å². The normalized spacial score (nSPS) is 24.5. The minimum Gasteiger partial charge on any atom is -0.387 e. The van der Waals surface area contributed by atoms with Crippen LogP contribution in [0.15, 0.2) is 29.3 Å². The fourth-order valence-electron chi connectivity index (χ4n) is 3.13. The van der Waals surface area contributed by atoms with E-state index in [9.17, 15) is 9.50 Å². The Morgan fingerprint density at radius 2 is 2.04 bits per heavy atom. The van der Waals surface area contributed by atoms with Crippen LogP contribution in [-0.4, -0.2) is 47.8 Å². The number of guanidine groups is 1. The molecule has 0 spiro atoms. The molecular formula is C18H27FIN3OS. The maximum atomic E-state index is 14.1. The molecule has 1 aliphatic heterocycles. The van der Waals surface area contributed by atoms with Crippen molar-refractivity contribution in [3.05, 3.63) is 35.6 Å². The Kier molecular flexibility index (Phi) is 7.40. The summed E-state index contributed by atoms with van der Waals surface area (Å²) in [5, 5.41) is 17.0. The second kappa shape index (κ2) is 8.90. The molecule has 1 atom stereocenters. The minimum atomic E-state index is -0.685. The Morgan fingerprint density at radius 3 is 2.64 bits per heavy atom. The van der Waals surface area contributed by atoms with Crippen molar-refractivity contribution < 1.29 is 9.50 Å². The van der Waals surface area contributed by atoms with Crippen LogP contribution < -0.4 is 10.6 Å². The molecule has 1 aromatic carbocycles. The Labute approximate surface area is 170 Å². The molecule has 4 nitrogen and oxygen atoms in total. The Balaban J connectivity index is 0.00000225. The van der Waals surface area contributed by atoms with Crippen LogP contribution in [0.4, 0.5) is 4.39 Å². The highest BCUT2D eigenvalue weighted by atomic mass is 127. The van der Waals surface area contributed by atoms with Crippen LogP contribution in [-0.2, 0) is 5.41 Å². The summed E-state index contributed by atoms with van der Waals surface area (Å²) in [6, 6.07) is 7.04. The highest BCUT2D eigenvalue weighted by Crippen LogP contribution is 2.48. The Hall–Kier alpha value is -0.540. The van der Waals surface area contributed by atoms with Crippen LogP contribution in [0.3, 0.4) is 0 Å². The van der Waals surface area contributed by atoms with Crippen molar-refractivity contribution in [1.82, 2.24) is 10.6 Å². The van der Waals surface area contributed by atoms with Crippen LogP contribution in [0.1, 0.15) is 31.7 Å². The predicted octanol–water partition coefficient (Wildman–Crippen LogP) is 2.90. The number of halogens is 2. The molecule has 2 aliphatic rings. The van der Waals surface area contributed by atoms with E-state index >= 15 is 0 Å². The number of hydrogen-bond donors (Lipinski definition) is 3. The zero-order chi connectivity index (χ0) is 17.0. The van der Waals surface area contributed by atoms with Gasteiger partial charge in [0.2, 0.25) is 0 Å². The molecule has 3 N–H and O–H groups in total. The molecule has 1 unspecified atom stereocenters. The molecule has 0 aromatic heterocycles. The van der Waals surface area contributed by atoms with Gasteiger partial charge in [0.25, 0.3) is 0 Å². The van der Waals surface area contributed by atoms with Gasteiger partial charge in [0.05, 0.1) is 12.1 Å². The second-order valence-corrected chi connectivity index (χ2v) is 7.94. The van der Waals surface area contributed by atoms with E-state index in [-0.39, 0.29) is 35.2 Å². The van der Waals surface area contributed by atoms with E-state index in [1.807, 2.05) is 19.1 Å². The molecule has 1 saturated carbocycles. The lowest BCUT2D eigenvalue weighted by molar-refractivity contribution is 0.0778. The van der Waals surface area contributed by atoms with E-state index in [0.29, 0.717) is 19.0 Å². The van der Waals surface area contributed by atoms with E-state index < -0.39 is 5.60 Å². The van der Waals surface area contributed by atoms with E-state index in [4.69, 9.17) is 0 Å². The number of rotatable bonds is 6. The van der Waals surface area contributed by atoms with Gasteiger partial charge in [-0.25, -0.2) is 4.39 Å². The molecule has 1 aromatic rings. The highest BCUT2D eigenvalue weighted by molar-refractivity contribution is 14.0. The molecule has 140 valence electrons. The first-order chi connectivity index (χ1) is 11.6. The monoisotopic (exact) mass is 479 g/mol. The van der Waals surface area contributed by atoms with Gasteiger partial charge < -0.3 is 15.7 Å². The van der Waals surface area contributed by atoms with Gasteiger partial charge >= 0.3 is 0 Å². The summed E-state index contributed by atoms with van der Waals surface area (Å²) in [5.41, 5.74) is -0.0172. The molecule has 1 saturated heterocycles. The molecule has 1 aliphatic carbocycles. The number of aliphatic hydroxyl groups is 1. The standard InChI is InChI=1S/C18H26FN3OS.HI/c1-2-20-16(22-12-18(23)9-10-24-13-18)21-11-17(7-8-17)14-5-3-4-6-15(14)19;/h3-6,23H,2,7-13H2,1H3,(H2,20,21,22);1H. The molecular weight excluding hydrogens is 452 g/mol. The van der Waals surface area contributed by atoms with Crippen molar-refractivity contribution in [3.8, 4) is 0 Å². The summed E-state index contributed by atoms with van der Waals surface area (Å²) in [6.07, 6.45) is 2.77. The molecule has 0 bridgehead atoms. The van der Waals surface area contributed by atoms with Crippen LogP contribution in [0.2, 0.25) is 0 Å². The fraction of sp³-hybridized carbons (Fsp3) is 0.611. The lowest BCUT2D eigenvalue weighted by Crippen LogP contribution is -2.43. The Morgan fingerprint density at radius 1 is 1.28 bits per heavy atom. The lowest BCUT2D eigenvalue weighted by Gasteiger charge is -2.22. The van der Waals surface area contributed by atoms with E-state index in [1.165, 1.54) is 6.07 Å². The van der Waals surface area contributed by atoms with Crippen LogP contribution in [0, 0.1) is 5.82 Å². The summed E-state index contributed by atoms with van der Waals surface area (Å²) in [6.45, 7) is 3.84. The van der Waals surface area contributed by atoms with Crippen LogP contribution in [0.25, 0.3) is 0 Å². The summed E-state index contributed by atoms with van der Waals surface area (Å²) >= 11 is 1.77. The Bertz CT molecular complexity index is 604. The third-order valence-corrected chi connectivity index (χ3v) is 6.09. The highest BCUT2D eigenvalue weighted by Gasteiger charge is 2.45. The van der Waals surface area contributed by atoms with Gasteiger partial charge in [-0.15, -0.1) is 24.0 Å². The summed E-state index contributed by atoms with van der Waals surface area (Å²) in [5.74, 6) is 2.31. The maximum Gasteiger partial charge on any atom is 0.191 e. The first kappa shape index (κ1) is 20.8. The molecule has 2 fully saturated rings. The van der Waals surface area contributed by atoms with Crippen molar-refractivity contribution in [1.29, 1.82) is 0 Å². The van der Waals surface area contributed by atoms with E-state index in [1.54, 1.807) is 17.8 Å². The topological polar surface area (TPSA) is 56.7 Å². The number of nitrogens with zero attached hydrogens (tertiary/aromatic N) is 1. The summed E-state index contributed by atoms with van der Waals surface area (Å²) < 4.78 is 14.1. The quantitative estimate of drug-likeness (QED) is 0.334. The van der Waals surface area contributed by atoms with Crippen LogP contribution >= 0.6 is 35.7 Å². The van der Waals surface area contributed by atoms with Crippen molar-refractivity contribution >= 4 is 41.7 Å². The summed E-state index contributed by atoms with van der Waals surface area (Å²) in [4.78, 5) is 4.55. The molecule has 3 rings (SSSR count). The third-order valence-electron chi connectivity index (χ3n) is 4.85. The fourth-order valence-corrected chi connectivity index (χ4v) is 4.41. The van der Waals surface area contributed by atoms with Gasteiger partial charge in [-0.2, -0.15) is 11.8 Å². The molecule has 1 heterocycles. The number of aliphatic imine (C=N–C) groups is 1. The molecule has 0 radical (unpaired) electrons. The van der Waals surface area contributed by atoms with Gasteiger partial charge in [-0.3, -0.25) is 4.99 Å². The summed E-state index contributed by atoms with van der Waals surface area (Å²) in [7, 11) is 0. The van der Waals surface area contributed by atoms with Gasteiger partial charge in [0.15, 0.2) is 5.96 Å². The molecule has 7 heteroatoms. The second-order valence-electron chi connectivity index (χ2n) is 6.84. The van der Waals surface area contributed by atoms with Crippen molar-refractivity contribution in [3.63, 3.8) is 0 Å². The first-order valence-corrected chi connectivity index (χ1v) is 9.80. The number of hydrogen-bond acceptors (Lipinski definition) is 3. The largest absolute Gasteiger partial charge is 0.387 e. The SMILES string of the molecule is CCNC(=NCC1(O)CCSC1)NCC1(c2ccccc2F)CC1.I. The first-order valence-electron chi connectivity index (χ1n) is 8.64. The van der Waals surface area contributed by atoms with E-state index in [0.717, 1.165) is 42.9 Å². The number of nitrogens with one attached hydrogen (secondary N) is 2. The van der Waals surface area contributed by atoms with Crippen molar-refractivity contribution in [2.24, 2.45) is 4.99 Å². The third kappa shape index (κ3) is 5.23. The molecule has 0 amide bonds. The van der Waals surface area contributed by atoms with Crippen LogP contribution in [0.5, 0.6) is 0 Å². The average Bonchev–Trinajstić information content (AvgIpc) is 3.24. The van der Waals surface area contributed by atoms with Gasteiger partial charge in [0, 0.05) is 24.3 Å². The lowest BCUT2D eigenvalue weighted by atomic mass is 9.95. The van der Waals surface area contributed by atoms with E-state index in [2.05, 4.69) is 15.6 Å². The van der Waals surface area contributed by atoms with Gasteiger partial charge in [-0.05, 0) is 43.6 Å². The van der Waals surface area contributed by atoms with Gasteiger partial charge in [0.1, 0.15) is 5.82 Å². The maximum absolute atomic E-state index is 14.1.